The largest absolute Gasteiger partial charge is 0.341 e. The molecule has 5 nitrogen and oxygen atoms in total. The van der Waals surface area contributed by atoms with Crippen LogP contribution in [-0.4, -0.2) is 40.2 Å². The van der Waals surface area contributed by atoms with Gasteiger partial charge in [-0.05, 0) is 37.8 Å². The molecule has 0 bridgehead atoms. The van der Waals surface area contributed by atoms with Crippen LogP contribution in [0, 0.1) is 5.92 Å². The molecule has 2 rings (SSSR count). The first kappa shape index (κ1) is 18.2. The molecule has 1 aromatic rings. The molecule has 0 radical (unpaired) electrons. The number of piperidine rings is 1. The van der Waals surface area contributed by atoms with Crippen LogP contribution in [0.15, 0.2) is 18.5 Å². The summed E-state index contributed by atoms with van der Waals surface area (Å²) in [6.07, 6.45) is 6.82. The highest BCUT2D eigenvalue weighted by Crippen LogP contribution is 2.19. The summed E-state index contributed by atoms with van der Waals surface area (Å²) in [5, 5.41) is 4.06. The number of hydrogen-bond donors (Lipinski definition) is 1. The molecular weight excluding hydrogens is 287 g/mol. The van der Waals surface area contributed by atoms with E-state index in [1.54, 1.807) is 10.9 Å². The first-order chi connectivity index (χ1) is 8.29. The van der Waals surface area contributed by atoms with E-state index in [1.165, 1.54) is 6.42 Å². The third-order valence-corrected chi connectivity index (χ3v) is 3.30. The Kier molecular flexibility index (Phi) is 8.80. The van der Waals surface area contributed by atoms with Crippen molar-refractivity contribution in [2.24, 2.45) is 11.7 Å². The second-order valence-corrected chi connectivity index (χ2v) is 4.63. The van der Waals surface area contributed by atoms with Gasteiger partial charge in [0.1, 0.15) is 6.54 Å². The Balaban J connectivity index is 0.00000162. The molecule has 7 heteroatoms. The highest BCUT2D eigenvalue weighted by Gasteiger charge is 2.23. The van der Waals surface area contributed by atoms with Gasteiger partial charge in [0.15, 0.2) is 0 Å². The summed E-state index contributed by atoms with van der Waals surface area (Å²) in [6, 6.07) is 1.83. The summed E-state index contributed by atoms with van der Waals surface area (Å²) >= 11 is 0. The number of likely N-dealkylation sites (tertiary alicyclic amines) is 1. The molecule has 0 saturated carbocycles. The summed E-state index contributed by atoms with van der Waals surface area (Å²) < 4.78 is 1.68. The number of hydrogen-bond acceptors (Lipinski definition) is 3. The maximum absolute atomic E-state index is 12.0. The summed E-state index contributed by atoms with van der Waals surface area (Å²) in [5.74, 6) is 0.741. The second kappa shape index (κ2) is 9.18. The lowest BCUT2D eigenvalue weighted by molar-refractivity contribution is -0.133. The molecule has 1 aliphatic rings. The lowest BCUT2D eigenvalue weighted by atomic mass is 9.95. The van der Waals surface area contributed by atoms with Crippen LogP contribution >= 0.6 is 24.8 Å². The van der Waals surface area contributed by atoms with Crippen LogP contribution in [-0.2, 0) is 11.3 Å². The van der Waals surface area contributed by atoms with Crippen molar-refractivity contribution >= 4 is 30.7 Å². The average Bonchev–Trinajstić information content (AvgIpc) is 2.83. The molecular formula is C12H22Cl2N4O. The highest BCUT2D eigenvalue weighted by atomic mass is 35.5. The van der Waals surface area contributed by atoms with Gasteiger partial charge in [-0.1, -0.05) is 0 Å². The first-order valence-corrected chi connectivity index (χ1v) is 6.25. The van der Waals surface area contributed by atoms with E-state index < -0.39 is 0 Å². The Bertz CT molecular complexity index is 357. The third kappa shape index (κ3) is 5.38. The van der Waals surface area contributed by atoms with E-state index in [9.17, 15) is 4.79 Å². The zero-order valence-corrected chi connectivity index (χ0v) is 12.5. The van der Waals surface area contributed by atoms with Crippen molar-refractivity contribution < 1.29 is 4.79 Å². The molecule has 1 aromatic heterocycles. The molecule has 0 aliphatic carbocycles. The van der Waals surface area contributed by atoms with Gasteiger partial charge < -0.3 is 10.6 Å². The number of carbonyl (C=O) groups excluding carboxylic acids is 1. The van der Waals surface area contributed by atoms with E-state index >= 15 is 0 Å². The Morgan fingerprint density at radius 2 is 2.21 bits per heavy atom. The van der Waals surface area contributed by atoms with Crippen LogP contribution in [0.25, 0.3) is 0 Å². The zero-order valence-electron chi connectivity index (χ0n) is 10.9. The van der Waals surface area contributed by atoms with Crippen molar-refractivity contribution in [3.63, 3.8) is 0 Å². The summed E-state index contributed by atoms with van der Waals surface area (Å²) in [4.78, 5) is 14.0. The molecule has 1 fully saturated rings. The molecule has 2 N–H and O–H groups in total. The molecule has 1 amide bonds. The predicted octanol–water partition coefficient (Wildman–Crippen LogP) is 1.31. The summed E-state index contributed by atoms with van der Waals surface area (Å²) in [6.45, 7) is 2.80. The van der Waals surface area contributed by atoms with Crippen molar-refractivity contribution in [1.82, 2.24) is 14.7 Å². The van der Waals surface area contributed by atoms with Crippen molar-refractivity contribution in [2.75, 3.05) is 19.6 Å². The molecule has 1 unspecified atom stereocenters. The van der Waals surface area contributed by atoms with E-state index in [-0.39, 0.29) is 30.7 Å². The minimum absolute atomic E-state index is 0. The summed E-state index contributed by atoms with van der Waals surface area (Å²) in [7, 11) is 0. The predicted molar refractivity (Wildman–Crippen MR) is 79.7 cm³/mol. The standard InChI is InChI=1S/C12H20N4O.2ClH/c13-5-4-11-3-1-7-15(9-11)12(17)10-16-8-2-6-14-16;;/h2,6,8,11H,1,3-5,7,9-10,13H2;2*1H. The van der Waals surface area contributed by atoms with Gasteiger partial charge >= 0.3 is 0 Å². The minimum atomic E-state index is 0. The summed E-state index contributed by atoms with van der Waals surface area (Å²) in [5.41, 5.74) is 5.57. The quantitative estimate of drug-likeness (QED) is 0.912. The van der Waals surface area contributed by atoms with Crippen LogP contribution in [0.3, 0.4) is 0 Å². The van der Waals surface area contributed by atoms with Crippen molar-refractivity contribution in [3.05, 3.63) is 18.5 Å². The van der Waals surface area contributed by atoms with Crippen LogP contribution in [0.1, 0.15) is 19.3 Å². The van der Waals surface area contributed by atoms with Crippen molar-refractivity contribution in [3.8, 4) is 0 Å². The number of rotatable bonds is 4. The van der Waals surface area contributed by atoms with Gasteiger partial charge in [-0.3, -0.25) is 9.48 Å². The van der Waals surface area contributed by atoms with Crippen molar-refractivity contribution in [2.45, 2.75) is 25.8 Å². The van der Waals surface area contributed by atoms with Crippen LogP contribution in [0.5, 0.6) is 0 Å². The molecule has 110 valence electrons. The van der Waals surface area contributed by atoms with Gasteiger partial charge in [0.05, 0.1) is 0 Å². The van der Waals surface area contributed by atoms with Gasteiger partial charge in [0.2, 0.25) is 5.91 Å². The lowest BCUT2D eigenvalue weighted by Crippen LogP contribution is -2.42. The Morgan fingerprint density at radius 1 is 1.42 bits per heavy atom. The first-order valence-electron chi connectivity index (χ1n) is 6.25. The lowest BCUT2D eigenvalue weighted by Gasteiger charge is -2.32. The Labute approximate surface area is 126 Å². The van der Waals surface area contributed by atoms with E-state index in [4.69, 9.17) is 5.73 Å². The fourth-order valence-corrected chi connectivity index (χ4v) is 2.40. The number of aromatic nitrogens is 2. The number of carbonyl (C=O) groups is 1. The van der Waals surface area contributed by atoms with E-state index in [0.717, 1.165) is 25.9 Å². The van der Waals surface area contributed by atoms with Gasteiger partial charge in [-0.2, -0.15) is 5.10 Å². The van der Waals surface area contributed by atoms with E-state index in [1.807, 2.05) is 17.2 Å². The molecule has 0 spiro atoms. The average molecular weight is 309 g/mol. The SMILES string of the molecule is Cl.Cl.NCCC1CCCN(C(=O)Cn2cccn2)C1. The van der Waals surface area contributed by atoms with Crippen LogP contribution < -0.4 is 5.73 Å². The zero-order chi connectivity index (χ0) is 12.1. The van der Waals surface area contributed by atoms with Gasteiger partial charge in [-0.25, -0.2) is 0 Å². The van der Waals surface area contributed by atoms with Crippen molar-refractivity contribution in [1.29, 1.82) is 0 Å². The monoisotopic (exact) mass is 308 g/mol. The third-order valence-electron chi connectivity index (χ3n) is 3.30. The second-order valence-electron chi connectivity index (χ2n) is 4.63. The molecule has 19 heavy (non-hydrogen) atoms. The number of halogens is 2. The number of amides is 1. The molecule has 1 saturated heterocycles. The molecule has 2 heterocycles. The van der Waals surface area contributed by atoms with E-state index in [2.05, 4.69) is 5.10 Å². The number of nitrogens with two attached hydrogens (primary N) is 1. The van der Waals surface area contributed by atoms with Gasteiger partial charge in [0.25, 0.3) is 0 Å². The fourth-order valence-electron chi connectivity index (χ4n) is 2.40. The van der Waals surface area contributed by atoms with E-state index in [0.29, 0.717) is 19.0 Å². The maximum atomic E-state index is 12.0. The normalized spacial score (nSPS) is 18.4. The van der Waals surface area contributed by atoms with Crippen LogP contribution in [0.4, 0.5) is 0 Å². The molecule has 0 aromatic carbocycles. The van der Waals surface area contributed by atoms with Crippen LogP contribution in [0.2, 0.25) is 0 Å². The topological polar surface area (TPSA) is 64.2 Å². The maximum Gasteiger partial charge on any atom is 0.244 e. The number of nitrogens with zero attached hydrogens (tertiary/aromatic N) is 3. The Hall–Kier alpha value is -0.780. The fraction of sp³-hybridized carbons (Fsp3) is 0.667. The molecule has 1 aliphatic heterocycles. The smallest absolute Gasteiger partial charge is 0.244 e. The van der Waals surface area contributed by atoms with Gasteiger partial charge in [0, 0.05) is 25.5 Å². The Morgan fingerprint density at radius 3 is 2.84 bits per heavy atom. The highest BCUT2D eigenvalue weighted by molar-refractivity contribution is 5.85. The minimum Gasteiger partial charge on any atom is -0.341 e. The molecule has 1 atom stereocenters. The van der Waals surface area contributed by atoms with Gasteiger partial charge in [-0.15, -0.1) is 24.8 Å².